The maximum atomic E-state index is 12.6. The van der Waals surface area contributed by atoms with Crippen LogP contribution >= 0.6 is 11.6 Å². The highest BCUT2D eigenvalue weighted by atomic mass is 35.5. The fourth-order valence-corrected chi connectivity index (χ4v) is 3.01. The van der Waals surface area contributed by atoms with Crippen LogP contribution in [0.25, 0.3) is 0 Å². The summed E-state index contributed by atoms with van der Waals surface area (Å²) in [5.74, 6) is -0.197. The largest absolute Gasteiger partial charge is 0.395 e. The number of hydrogen-bond donors (Lipinski definition) is 3. The Kier molecular flexibility index (Phi) is 6.00. The summed E-state index contributed by atoms with van der Waals surface area (Å²) < 4.78 is 0. The van der Waals surface area contributed by atoms with Crippen LogP contribution in [0.2, 0.25) is 5.02 Å². The van der Waals surface area contributed by atoms with Crippen LogP contribution in [0.1, 0.15) is 16.8 Å². The molecule has 0 aliphatic carbocycles. The molecule has 0 saturated carbocycles. The number of aliphatic hydroxyl groups is 3. The molecule has 2 rings (SSSR count). The van der Waals surface area contributed by atoms with Gasteiger partial charge in [0.15, 0.2) is 0 Å². The fraction of sp³-hybridized carbons (Fsp3) is 0.562. The van der Waals surface area contributed by atoms with Gasteiger partial charge in [0.1, 0.15) is 5.60 Å². The molecule has 0 spiro atoms. The van der Waals surface area contributed by atoms with E-state index in [0.29, 0.717) is 30.1 Å². The third kappa shape index (κ3) is 4.43. The lowest BCUT2D eigenvalue weighted by Gasteiger charge is -2.44. The summed E-state index contributed by atoms with van der Waals surface area (Å²) in [5.41, 5.74) is -0.915. The lowest BCUT2D eigenvalue weighted by molar-refractivity contribution is -0.125. The third-order valence-corrected chi connectivity index (χ3v) is 4.41. The second-order valence-electron chi connectivity index (χ2n) is 6.10. The van der Waals surface area contributed by atoms with Gasteiger partial charge in [0.2, 0.25) is 0 Å². The monoisotopic (exact) mass is 342 g/mol. The van der Waals surface area contributed by atoms with Crippen molar-refractivity contribution in [2.45, 2.75) is 18.1 Å². The SMILES string of the molecule is CN(CCO)C[C@]1(O)CN(C(=O)c2ccc(Cl)cc2)CC[C@H]1O. The standard InChI is InChI=1S/C16H23ClN2O4/c1-18(8-9-20)10-16(23)11-19(7-6-14(16)21)15(22)12-2-4-13(17)5-3-12/h2-5,14,20-21,23H,6-11H2,1H3/t14-,16+/m1/s1. The van der Waals surface area contributed by atoms with Crippen LogP contribution in [-0.4, -0.2) is 82.6 Å². The second-order valence-corrected chi connectivity index (χ2v) is 6.54. The number of β-amino-alcohol motifs (C(OH)–C–C–N with tert-alkyl or cyclic N) is 1. The first-order chi connectivity index (χ1) is 10.9. The van der Waals surface area contributed by atoms with Gasteiger partial charge in [0, 0.05) is 30.2 Å². The summed E-state index contributed by atoms with van der Waals surface area (Å²) in [4.78, 5) is 15.8. The number of piperidine rings is 1. The number of nitrogens with zero attached hydrogens (tertiary/aromatic N) is 2. The lowest BCUT2D eigenvalue weighted by atomic mass is 9.88. The van der Waals surface area contributed by atoms with Gasteiger partial charge in [-0.2, -0.15) is 0 Å². The number of aliphatic hydroxyl groups excluding tert-OH is 2. The van der Waals surface area contributed by atoms with Crippen molar-refractivity contribution in [2.24, 2.45) is 0 Å². The molecule has 6 nitrogen and oxygen atoms in total. The molecule has 1 amide bonds. The first-order valence-corrected chi connectivity index (χ1v) is 7.98. The highest BCUT2D eigenvalue weighted by Crippen LogP contribution is 2.24. The van der Waals surface area contributed by atoms with Gasteiger partial charge in [0.25, 0.3) is 5.91 Å². The molecule has 0 unspecified atom stereocenters. The van der Waals surface area contributed by atoms with Crippen LogP contribution in [0.15, 0.2) is 24.3 Å². The summed E-state index contributed by atoms with van der Waals surface area (Å²) in [6, 6.07) is 6.59. The molecule has 3 N–H and O–H groups in total. The van der Waals surface area contributed by atoms with Crippen molar-refractivity contribution in [1.29, 1.82) is 0 Å². The molecule has 1 aromatic rings. The van der Waals surface area contributed by atoms with Crippen molar-refractivity contribution in [1.82, 2.24) is 9.80 Å². The van der Waals surface area contributed by atoms with Crippen LogP contribution in [0.4, 0.5) is 0 Å². The van der Waals surface area contributed by atoms with Crippen molar-refractivity contribution >= 4 is 17.5 Å². The molecule has 1 aliphatic heterocycles. The molecule has 0 aromatic heterocycles. The fourth-order valence-electron chi connectivity index (χ4n) is 2.88. The van der Waals surface area contributed by atoms with Gasteiger partial charge in [-0.15, -0.1) is 0 Å². The van der Waals surface area contributed by atoms with Crippen molar-refractivity contribution in [3.8, 4) is 0 Å². The predicted molar refractivity (Wildman–Crippen MR) is 87.5 cm³/mol. The van der Waals surface area contributed by atoms with E-state index in [1.807, 2.05) is 0 Å². The molecule has 1 heterocycles. The van der Waals surface area contributed by atoms with Crippen LogP contribution < -0.4 is 0 Å². The maximum Gasteiger partial charge on any atom is 0.253 e. The first-order valence-electron chi connectivity index (χ1n) is 7.60. The number of hydrogen-bond acceptors (Lipinski definition) is 5. The van der Waals surface area contributed by atoms with E-state index in [0.717, 1.165) is 0 Å². The van der Waals surface area contributed by atoms with Crippen LogP contribution in [-0.2, 0) is 0 Å². The summed E-state index contributed by atoms with van der Waals surface area (Å²) in [5, 5.41) is 30.4. The first kappa shape index (κ1) is 18.2. The minimum Gasteiger partial charge on any atom is -0.395 e. The Labute approximate surface area is 140 Å². The number of carbonyl (C=O) groups is 1. The van der Waals surface area contributed by atoms with Crippen molar-refractivity contribution in [2.75, 3.05) is 39.8 Å². The van der Waals surface area contributed by atoms with E-state index in [9.17, 15) is 15.0 Å². The van der Waals surface area contributed by atoms with Crippen LogP contribution in [0.5, 0.6) is 0 Å². The second kappa shape index (κ2) is 7.59. The van der Waals surface area contributed by atoms with Gasteiger partial charge >= 0.3 is 0 Å². The van der Waals surface area contributed by atoms with Crippen LogP contribution in [0, 0.1) is 0 Å². The topological polar surface area (TPSA) is 84.2 Å². The molecular formula is C16H23ClN2O4. The minimum absolute atomic E-state index is 0.0317. The molecule has 128 valence electrons. The summed E-state index contributed by atoms with van der Waals surface area (Å²) in [7, 11) is 1.75. The minimum atomic E-state index is -1.41. The molecule has 1 fully saturated rings. The van der Waals surface area contributed by atoms with Crippen molar-refractivity contribution in [3.63, 3.8) is 0 Å². The average molecular weight is 343 g/mol. The molecule has 0 radical (unpaired) electrons. The zero-order chi connectivity index (χ0) is 17.0. The van der Waals surface area contributed by atoms with Gasteiger partial charge < -0.3 is 25.1 Å². The predicted octanol–water partition coefficient (Wildman–Crippen LogP) is 0.202. The van der Waals surface area contributed by atoms with E-state index in [2.05, 4.69) is 0 Å². The molecule has 1 aromatic carbocycles. The van der Waals surface area contributed by atoms with Gasteiger partial charge in [-0.05, 0) is 37.7 Å². The molecule has 23 heavy (non-hydrogen) atoms. The summed E-state index contributed by atoms with van der Waals surface area (Å²) in [6.07, 6.45) is -0.596. The zero-order valence-electron chi connectivity index (χ0n) is 13.2. The number of likely N-dealkylation sites (N-methyl/N-ethyl adjacent to an activating group) is 1. The Morgan fingerprint density at radius 1 is 1.43 bits per heavy atom. The molecule has 1 saturated heterocycles. The van der Waals surface area contributed by atoms with Gasteiger partial charge in [-0.3, -0.25) is 4.79 Å². The number of halogens is 1. The normalized spacial score (nSPS) is 25.0. The van der Waals surface area contributed by atoms with Crippen molar-refractivity contribution < 1.29 is 20.1 Å². The Bertz CT molecular complexity index is 539. The molecular weight excluding hydrogens is 320 g/mol. The maximum absolute atomic E-state index is 12.6. The number of carbonyl (C=O) groups excluding carboxylic acids is 1. The molecule has 1 aliphatic rings. The van der Waals surface area contributed by atoms with Gasteiger partial charge in [0.05, 0.1) is 19.3 Å². The molecule has 7 heteroatoms. The summed E-state index contributed by atoms with van der Waals surface area (Å²) in [6.45, 7) is 0.968. The van der Waals surface area contributed by atoms with Gasteiger partial charge in [-0.25, -0.2) is 0 Å². The third-order valence-electron chi connectivity index (χ3n) is 4.16. The smallest absolute Gasteiger partial charge is 0.253 e. The number of benzene rings is 1. The van der Waals surface area contributed by atoms with E-state index < -0.39 is 11.7 Å². The van der Waals surface area contributed by atoms with E-state index >= 15 is 0 Å². The van der Waals surface area contributed by atoms with E-state index in [4.69, 9.17) is 16.7 Å². The summed E-state index contributed by atoms with van der Waals surface area (Å²) >= 11 is 5.83. The van der Waals surface area contributed by atoms with Crippen molar-refractivity contribution in [3.05, 3.63) is 34.9 Å². The van der Waals surface area contributed by atoms with Crippen LogP contribution in [0.3, 0.4) is 0 Å². The average Bonchev–Trinajstić information content (AvgIpc) is 2.50. The van der Waals surface area contributed by atoms with Gasteiger partial charge in [-0.1, -0.05) is 11.6 Å². The van der Waals surface area contributed by atoms with E-state index in [-0.39, 0.29) is 25.6 Å². The van der Waals surface area contributed by atoms with E-state index in [1.54, 1.807) is 41.1 Å². The Morgan fingerprint density at radius 2 is 2.09 bits per heavy atom. The number of amides is 1. The Hall–Kier alpha value is -1.18. The highest BCUT2D eigenvalue weighted by Gasteiger charge is 2.43. The number of rotatable bonds is 5. The Balaban J connectivity index is 2.09. The Morgan fingerprint density at radius 3 is 2.70 bits per heavy atom. The van der Waals surface area contributed by atoms with E-state index in [1.165, 1.54) is 0 Å². The highest BCUT2D eigenvalue weighted by molar-refractivity contribution is 6.30. The quantitative estimate of drug-likeness (QED) is 0.712. The molecule has 0 bridgehead atoms. The molecule has 2 atom stereocenters. The lowest BCUT2D eigenvalue weighted by Crippen LogP contribution is -2.62. The number of likely N-dealkylation sites (tertiary alicyclic amines) is 1. The zero-order valence-corrected chi connectivity index (χ0v) is 13.9.